The highest BCUT2D eigenvalue weighted by molar-refractivity contribution is 7.95. The number of aromatic hydroxyl groups is 1. The zero-order valence-electron chi connectivity index (χ0n) is 11.4. The Kier molecular flexibility index (Phi) is 3.22. The van der Waals surface area contributed by atoms with Gasteiger partial charge in [-0.15, -0.1) is 0 Å². The van der Waals surface area contributed by atoms with Crippen LogP contribution in [0.1, 0.15) is 11.1 Å². The first-order valence-electron chi connectivity index (χ1n) is 6.44. The van der Waals surface area contributed by atoms with Crippen LogP contribution in [0, 0.1) is 6.92 Å². The normalized spacial score (nSPS) is 15.4. The van der Waals surface area contributed by atoms with E-state index >= 15 is 0 Å². The molecular weight excluding hydrogens is 288 g/mol. The molecule has 3 rings (SSSR count). The van der Waals surface area contributed by atoms with E-state index in [1.807, 2.05) is 13.0 Å². The molecule has 2 aromatic carbocycles. The summed E-state index contributed by atoms with van der Waals surface area (Å²) in [5, 5.41) is 10.5. The van der Waals surface area contributed by atoms with Gasteiger partial charge in [0.25, 0.3) is 0 Å². The van der Waals surface area contributed by atoms with Gasteiger partial charge in [-0.2, -0.15) is 0 Å². The van der Waals surface area contributed by atoms with Gasteiger partial charge in [0, 0.05) is 16.5 Å². The van der Waals surface area contributed by atoms with Crippen LogP contribution in [0.15, 0.2) is 52.8 Å². The number of benzene rings is 2. The second kappa shape index (κ2) is 4.93. The minimum atomic E-state index is -3.36. The Morgan fingerprint density at radius 1 is 1.10 bits per heavy atom. The van der Waals surface area contributed by atoms with E-state index in [4.69, 9.17) is 4.74 Å². The van der Waals surface area contributed by atoms with Crippen molar-refractivity contribution >= 4 is 15.4 Å². The van der Waals surface area contributed by atoms with Crippen molar-refractivity contribution in [3.05, 3.63) is 59.0 Å². The number of aryl methyl sites for hydroxylation is 1. The molecule has 4 nitrogen and oxygen atoms in total. The van der Waals surface area contributed by atoms with Crippen molar-refractivity contribution in [2.45, 2.75) is 11.8 Å². The maximum Gasteiger partial charge on any atom is 0.200 e. The van der Waals surface area contributed by atoms with Gasteiger partial charge in [-0.3, -0.25) is 0 Å². The standard InChI is InChI=1S/C16H14O4S/c1-11-2-7-16-15(8-11)12(10-21(16,18)19)9-20-14-5-3-13(17)4-6-14/h2-8,10,17H,9H2,1H3. The Morgan fingerprint density at radius 2 is 1.81 bits per heavy atom. The molecule has 0 fully saturated rings. The summed E-state index contributed by atoms with van der Waals surface area (Å²) in [4.78, 5) is 0.331. The van der Waals surface area contributed by atoms with E-state index in [1.54, 1.807) is 24.3 Å². The van der Waals surface area contributed by atoms with Gasteiger partial charge in [0.15, 0.2) is 0 Å². The van der Waals surface area contributed by atoms with E-state index in [-0.39, 0.29) is 12.4 Å². The molecule has 108 valence electrons. The largest absolute Gasteiger partial charge is 0.508 e. The fourth-order valence-electron chi connectivity index (χ4n) is 2.27. The summed E-state index contributed by atoms with van der Waals surface area (Å²) in [6.45, 7) is 2.09. The summed E-state index contributed by atoms with van der Waals surface area (Å²) in [7, 11) is -3.36. The summed E-state index contributed by atoms with van der Waals surface area (Å²) in [6.07, 6.45) is 0. The Bertz CT molecular complexity index is 818. The van der Waals surface area contributed by atoms with E-state index < -0.39 is 9.84 Å². The van der Waals surface area contributed by atoms with Crippen molar-refractivity contribution in [3.63, 3.8) is 0 Å². The molecule has 0 atom stereocenters. The highest BCUT2D eigenvalue weighted by Crippen LogP contribution is 2.34. The average molecular weight is 302 g/mol. The predicted octanol–water partition coefficient (Wildman–Crippen LogP) is 2.91. The lowest BCUT2D eigenvalue weighted by atomic mass is 10.1. The quantitative estimate of drug-likeness (QED) is 0.947. The average Bonchev–Trinajstić information content (AvgIpc) is 2.69. The van der Waals surface area contributed by atoms with Crippen LogP contribution >= 0.6 is 0 Å². The molecule has 0 amide bonds. The topological polar surface area (TPSA) is 63.6 Å². The third-order valence-corrected chi connectivity index (χ3v) is 4.88. The molecular formula is C16H14O4S. The molecule has 1 aliphatic heterocycles. The second-order valence-corrected chi connectivity index (χ2v) is 6.74. The molecule has 1 aliphatic rings. The molecule has 0 radical (unpaired) electrons. The van der Waals surface area contributed by atoms with Crippen LogP contribution in [-0.2, 0) is 9.84 Å². The van der Waals surface area contributed by atoms with Gasteiger partial charge in [-0.05, 0) is 37.3 Å². The molecule has 1 heterocycles. The van der Waals surface area contributed by atoms with Crippen LogP contribution in [-0.4, -0.2) is 20.1 Å². The summed E-state index contributed by atoms with van der Waals surface area (Å²) in [5.41, 5.74) is 2.34. The monoisotopic (exact) mass is 302 g/mol. The molecule has 21 heavy (non-hydrogen) atoms. The van der Waals surface area contributed by atoms with Crippen molar-refractivity contribution in [3.8, 4) is 11.5 Å². The molecule has 0 unspecified atom stereocenters. The number of hydrogen-bond donors (Lipinski definition) is 1. The molecule has 0 bridgehead atoms. The summed E-state index contributed by atoms with van der Waals surface area (Å²) < 4.78 is 29.7. The van der Waals surface area contributed by atoms with Crippen LogP contribution in [0.25, 0.3) is 5.57 Å². The zero-order valence-corrected chi connectivity index (χ0v) is 12.2. The number of rotatable bonds is 3. The summed E-state index contributed by atoms with van der Waals surface area (Å²) in [5.74, 6) is 0.734. The lowest BCUT2D eigenvalue weighted by molar-refractivity contribution is 0.368. The highest BCUT2D eigenvalue weighted by Gasteiger charge is 2.27. The second-order valence-electron chi connectivity index (χ2n) is 4.97. The van der Waals surface area contributed by atoms with Crippen LogP contribution in [0.3, 0.4) is 0 Å². The van der Waals surface area contributed by atoms with E-state index in [0.29, 0.717) is 21.8 Å². The molecule has 0 saturated carbocycles. The lowest BCUT2D eigenvalue weighted by Gasteiger charge is -2.08. The fourth-order valence-corrected chi connectivity index (χ4v) is 3.72. The van der Waals surface area contributed by atoms with Crippen LogP contribution in [0.4, 0.5) is 0 Å². The van der Waals surface area contributed by atoms with Crippen molar-refractivity contribution in [2.75, 3.05) is 6.61 Å². The van der Waals surface area contributed by atoms with Gasteiger partial charge >= 0.3 is 0 Å². The molecule has 1 N–H and O–H groups in total. The van der Waals surface area contributed by atoms with Crippen molar-refractivity contribution < 1.29 is 18.3 Å². The maximum atomic E-state index is 12.1. The van der Waals surface area contributed by atoms with Crippen molar-refractivity contribution in [2.24, 2.45) is 0 Å². The Balaban J connectivity index is 1.87. The first-order valence-corrected chi connectivity index (χ1v) is 7.99. The molecule has 0 spiro atoms. The van der Waals surface area contributed by atoms with Crippen molar-refractivity contribution in [1.29, 1.82) is 0 Å². The highest BCUT2D eigenvalue weighted by atomic mass is 32.2. The minimum absolute atomic E-state index is 0.158. The zero-order chi connectivity index (χ0) is 15.0. The fraction of sp³-hybridized carbons (Fsp3) is 0.125. The maximum absolute atomic E-state index is 12.1. The molecule has 2 aromatic rings. The Labute approximate surface area is 123 Å². The number of hydrogen-bond acceptors (Lipinski definition) is 4. The van der Waals surface area contributed by atoms with E-state index in [1.165, 1.54) is 17.5 Å². The van der Waals surface area contributed by atoms with Crippen LogP contribution < -0.4 is 4.74 Å². The lowest BCUT2D eigenvalue weighted by Crippen LogP contribution is -1.99. The number of ether oxygens (including phenoxy) is 1. The summed E-state index contributed by atoms with van der Waals surface area (Å²) in [6, 6.07) is 11.6. The van der Waals surface area contributed by atoms with E-state index in [0.717, 1.165) is 5.56 Å². The molecule has 0 saturated heterocycles. The van der Waals surface area contributed by atoms with Gasteiger partial charge in [0.05, 0.1) is 4.90 Å². The van der Waals surface area contributed by atoms with Gasteiger partial charge in [-0.1, -0.05) is 17.7 Å². The number of fused-ring (bicyclic) bond motifs is 1. The number of sulfone groups is 1. The Morgan fingerprint density at radius 3 is 2.52 bits per heavy atom. The SMILES string of the molecule is Cc1ccc2c(c1)C(COc1ccc(O)cc1)=CS2(=O)=O. The van der Waals surface area contributed by atoms with Crippen molar-refractivity contribution in [1.82, 2.24) is 0 Å². The van der Waals surface area contributed by atoms with Crippen LogP contribution in [0.5, 0.6) is 11.5 Å². The molecule has 5 heteroatoms. The van der Waals surface area contributed by atoms with Gasteiger partial charge < -0.3 is 9.84 Å². The van der Waals surface area contributed by atoms with Crippen LogP contribution in [0.2, 0.25) is 0 Å². The predicted molar refractivity (Wildman–Crippen MR) is 79.9 cm³/mol. The first kappa shape index (κ1) is 13.7. The summed E-state index contributed by atoms with van der Waals surface area (Å²) >= 11 is 0. The Hall–Kier alpha value is -2.27. The first-order chi connectivity index (χ1) is 9.95. The van der Waals surface area contributed by atoms with Gasteiger partial charge in [-0.25, -0.2) is 8.42 Å². The third kappa shape index (κ3) is 2.64. The number of phenolic OH excluding ortho intramolecular Hbond substituents is 1. The molecule has 0 aliphatic carbocycles. The third-order valence-electron chi connectivity index (χ3n) is 3.32. The van der Waals surface area contributed by atoms with E-state index in [9.17, 15) is 13.5 Å². The smallest absolute Gasteiger partial charge is 0.200 e. The van der Waals surface area contributed by atoms with Gasteiger partial charge in [0.1, 0.15) is 18.1 Å². The van der Waals surface area contributed by atoms with E-state index in [2.05, 4.69) is 0 Å². The molecule has 0 aromatic heterocycles. The van der Waals surface area contributed by atoms with Gasteiger partial charge in [0.2, 0.25) is 9.84 Å². The number of phenols is 1. The minimum Gasteiger partial charge on any atom is -0.508 e.